The molecule has 1 spiro atoms. The summed E-state index contributed by atoms with van der Waals surface area (Å²) in [6, 6.07) is 18.5. The minimum absolute atomic E-state index is 0.0936. The topological polar surface area (TPSA) is 108 Å². The number of halogens is 3. The van der Waals surface area contributed by atoms with E-state index < -0.39 is 11.8 Å². The van der Waals surface area contributed by atoms with Gasteiger partial charge in [0, 0.05) is 35.3 Å². The Balaban J connectivity index is 0.000000284. The van der Waals surface area contributed by atoms with E-state index in [4.69, 9.17) is 28.3 Å². The van der Waals surface area contributed by atoms with Crippen molar-refractivity contribution in [3.8, 4) is 0 Å². The Bertz CT molecular complexity index is 1380. The summed E-state index contributed by atoms with van der Waals surface area (Å²) >= 11 is 12.1. The fraction of sp³-hybridized carbons (Fsp3) is 0.364. The van der Waals surface area contributed by atoms with Crippen LogP contribution >= 0.6 is 23.2 Å². The highest BCUT2D eigenvalue weighted by Crippen LogP contribution is 2.47. The van der Waals surface area contributed by atoms with Crippen molar-refractivity contribution in [3.63, 3.8) is 0 Å². The molecule has 0 bridgehead atoms. The second-order valence-corrected chi connectivity index (χ2v) is 11.2. The second kappa shape index (κ2) is 16.4. The van der Waals surface area contributed by atoms with Crippen molar-refractivity contribution in [2.45, 2.75) is 64.0 Å². The van der Waals surface area contributed by atoms with Crippen LogP contribution in [0.5, 0.6) is 0 Å². The van der Waals surface area contributed by atoms with Gasteiger partial charge in [0.05, 0.1) is 16.5 Å². The van der Waals surface area contributed by atoms with Crippen LogP contribution in [0.4, 0.5) is 10.1 Å². The quantitative estimate of drug-likeness (QED) is 0.203. The molecule has 2 amide bonds. The van der Waals surface area contributed by atoms with E-state index in [-0.39, 0.29) is 33.9 Å². The average molecular weight is 631 g/mol. The molecule has 1 saturated heterocycles. The molecule has 1 saturated carbocycles. The number of amides is 2. The smallest absolute Gasteiger partial charge is 0.335 e. The SMILES string of the molecule is CC.O=C(Nc1cccc(Cl)c1)C1C(c2cccc(Cl)c2F)CNC12CCCCC2.O=CNCc1ccc(C(=O)O)cc1. The Kier molecular flexibility index (Phi) is 13.0. The van der Waals surface area contributed by atoms with Gasteiger partial charge in [0.15, 0.2) is 0 Å². The molecule has 7 nitrogen and oxygen atoms in total. The Hall–Kier alpha value is -3.46. The van der Waals surface area contributed by atoms with Gasteiger partial charge in [-0.3, -0.25) is 9.59 Å². The highest BCUT2D eigenvalue weighted by Gasteiger charge is 2.53. The van der Waals surface area contributed by atoms with Crippen LogP contribution < -0.4 is 16.0 Å². The van der Waals surface area contributed by atoms with Crippen LogP contribution in [-0.2, 0) is 16.1 Å². The third kappa shape index (κ3) is 8.78. The van der Waals surface area contributed by atoms with E-state index in [1.165, 1.54) is 18.6 Å². The number of hydrogen-bond acceptors (Lipinski definition) is 4. The predicted molar refractivity (Wildman–Crippen MR) is 169 cm³/mol. The summed E-state index contributed by atoms with van der Waals surface area (Å²) in [4.78, 5) is 33.8. The van der Waals surface area contributed by atoms with Gasteiger partial charge < -0.3 is 21.1 Å². The Labute approximate surface area is 262 Å². The van der Waals surface area contributed by atoms with Crippen LogP contribution in [0.1, 0.15) is 73.4 Å². The van der Waals surface area contributed by atoms with Crippen molar-refractivity contribution >= 4 is 47.2 Å². The normalized spacial score (nSPS) is 18.3. The van der Waals surface area contributed by atoms with Crippen LogP contribution in [0.3, 0.4) is 0 Å². The average Bonchev–Trinajstić information content (AvgIpc) is 3.37. The molecule has 3 aromatic carbocycles. The number of carboxylic acid groups (broad SMARTS) is 1. The van der Waals surface area contributed by atoms with Gasteiger partial charge in [-0.25, -0.2) is 9.18 Å². The molecule has 2 aliphatic rings. The molecule has 0 radical (unpaired) electrons. The van der Waals surface area contributed by atoms with Gasteiger partial charge in [-0.2, -0.15) is 0 Å². The highest BCUT2D eigenvalue weighted by molar-refractivity contribution is 6.31. The predicted octanol–water partition coefficient (Wildman–Crippen LogP) is 7.43. The third-order valence-corrected chi connectivity index (χ3v) is 8.29. The number of benzene rings is 3. The number of nitrogens with one attached hydrogen (secondary N) is 3. The van der Waals surface area contributed by atoms with Gasteiger partial charge in [0.2, 0.25) is 12.3 Å². The van der Waals surface area contributed by atoms with Gasteiger partial charge in [-0.05, 0) is 60.4 Å². The van der Waals surface area contributed by atoms with Crippen molar-refractivity contribution in [1.82, 2.24) is 10.6 Å². The number of hydrogen-bond donors (Lipinski definition) is 4. The lowest BCUT2D eigenvalue weighted by Crippen LogP contribution is -2.50. The molecule has 3 aromatic rings. The molecular weight excluding hydrogens is 592 g/mol. The highest BCUT2D eigenvalue weighted by atomic mass is 35.5. The van der Waals surface area contributed by atoms with Gasteiger partial charge in [-0.1, -0.05) is 86.6 Å². The maximum absolute atomic E-state index is 14.8. The Morgan fingerprint density at radius 2 is 1.70 bits per heavy atom. The van der Waals surface area contributed by atoms with Crippen molar-refractivity contribution in [1.29, 1.82) is 0 Å². The monoisotopic (exact) mass is 629 g/mol. The molecule has 2 fully saturated rings. The molecule has 4 N–H and O–H groups in total. The lowest BCUT2D eigenvalue weighted by Gasteiger charge is -2.39. The molecule has 1 aliphatic carbocycles. The zero-order valence-corrected chi connectivity index (χ0v) is 25.9. The van der Waals surface area contributed by atoms with Gasteiger partial charge >= 0.3 is 5.97 Å². The molecule has 1 heterocycles. The van der Waals surface area contributed by atoms with Crippen LogP contribution in [0.2, 0.25) is 10.0 Å². The van der Waals surface area contributed by atoms with Gasteiger partial charge in [0.25, 0.3) is 0 Å². The second-order valence-electron chi connectivity index (χ2n) is 10.3. The lowest BCUT2D eigenvalue weighted by molar-refractivity contribution is -0.122. The van der Waals surface area contributed by atoms with Gasteiger partial charge in [0.1, 0.15) is 5.82 Å². The summed E-state index contributed by atoms with van der Waals surface area (Å²) in [5.41, 5.74) is 1.97. The Morgan fingerprint density at radius 3 is 2.33 bits per heavy atom. The van der Waals surface area contributed by atoms with Crippen LogP contribution in [0, 0.1) is 11.7 Å². The van der Waals surface area contributed by atoms with Crippen LogP contribution in [0.25, 0.3) is 0 Å². The van der Waals surface area contributed by atoms with E-state index in [0.29, 0.717) is 35.8 Å². The van der Waals surface area contributed by atoms with E-state index in [9.17, 15) is 18.8 Å². The number of carboxylic acids is 1. The molecule has 43 heavy (non-hydrogen) atoms. The maximum atomic E-state index is 14.8. The Morgan fingerprint density at radius 1 is 1.02 bits per heavy atom. The first kappa shape index (κ1) is 34.0. The van der Waals surface area contributed by atoms with Crippen molar-refractivity contribution in [2.75, 3.05) is 11.9 Å². The van der Waals surface area contributed by atoms with Gasteiger partial charge in [-0.15, -0.1) is 0 Å². The third-order valence-electron chi connectivity index (χ3n) is 7.76. The van der Waals surface area contributed by atoms with E-state index in [1.54, 1.807) is 48.5 Å². The minimum atomic E-state index is -0.949. The van der Waals surface area contributed by atoms with E-state index >= 15 is 0 Å². The lowest BCUT2D eigenvalue weighted by atomic mass is 9.69. The minimum Gasteiger partial charge on any atom is -0.478 e. The van der Waals surface area contributed by atoms with E-state index in [1.807, 2.05) is 19.9 Å². The molecule has 2 unspecified atom stereocenters. The van der Waals surface area contributed by atoms with Crippen LogP contribution in [0.15, 0.2) is 66.7 Å². The number of carbonyl (C=O) groups is 3. The number of rotatable bonds is 7. The fourth-order valence-electron chi connectivity index (χ4n) is 5.84. The largest absolute Gasteiger partial charge is 0.478 e. The molecule has 0 aromatic heterocycles. The first-order chi connectivity index (χ1) is 20.7. The molecular formula is C33H38Cl2FN3O4. The number of anilines is 1. The number of aromatic carboxylic acids is 1. The van der Waals surface area contributed by atoms with Crippen LogP contribution in [-0.4, -0.2) is 35.5 Å². The summed E-state index contributed by atoms with van der Waals surface area (Å²) in [6.07, 6.45) is 5.74. The first-order valence-corrected chi connectivity index (χ1v) is 15.2. The summed E-state index contributed by atoms with van der Waals surface area (Å²) in [7, 11) is 0. The zero-order valence-electron chi connectivity index (χ0n) is 24.3. The summed E-state index contributed by atoms with van der Waals surface area (Å²) < 4.78 is 14.8. The van der Waals surface area contributed by atoms with E-state index in [2.05, 4.69) is 16.0 Å². The standard InChI is InChI=1S/C22H23Cl2FN2O.C9H9NO3.C2H6/c23-14-6-4-7-15(12-14)27-21(28)19-17(16-8-5-9-18(24)20(16)25)13-26-22(19)10-2-1-3-11-22;11-6-10-5-7-1-3-8(4-2-7)9(12)13;1-2/h4-9,12,17,19,26H,1-3,10-11,13H2,(H,27,28);1-4,6H,5H2,(H,10,11)(H,12,13);1-2H3. The number of carbonyl (C=O) groups excluding carboxylic acids is 2. The molecule has 10 heteroatoms. The zero-order chi connectivity index (χ0) is 31.4. The first-order valence-electron chi connectivity index (χ1n) is 14.5. The molecule has 230 valence electrons. The molecule has 5 rings (SSSR count). The van der Waals surface area contributed by atoms with E-state index in [0.717, 1.165) is 31.2 Å². The van der Waals surface area contributed by atoms with Crippen molar-refractivity contribution < 1.29 is 23.9 Å². The van der Waals surface area contributed by atoms with Crippen molar-refractivity contribution in [3.05, 3.63) is 99.3 Å². The summed E-state index contributed by atoms with van der Waals surface area (Å²) in [5.74, 6) is -2.12. The maximum Gasteiger partial charge on any atom is 0.335 e. The summed E-state index contributed by atoms with van der Waals surface area (Å²) in [6.45, 7) is 4.98. The van der Waals surface area contributed by atoms with Crippen molar-refractivity contribution in [2.24, 2.45) is 5.92 Å². The fourth-order valence-corrected chi connectivity index (χ4v) is 6.21. The molecule has 2 atom stereocenters. The summed E-state index contributed by atoms with van der Waals surface area (Å²) in [5, 5.41) is 18.3. The molecule has 1 aliphatic heterocycles.